The highest BCUT2D eigenvalue weighted by molar-refractivity contribution is 7.98. The van der Waals surface area contributed by atoms with E-state index < -0.39 is 0 Å². The fraction of sp³-hybridized carbons (Fsp3) is 0.500. The number of likely N-dealkylation sites (N-methyl/N-ethyl adjacent to an activating group) is 1. The van der Waals surface area contributed by atoms with Crippen molar-refractivity contribution in [2.24, 2.45) is 0 Å². The lowest BCUT2D eigenvalue weighted by atomic mass is 10.2. The van der Waals surface area contributed by atoms with Gasteiger partial charge in [0.15, 0.2) is 0 Å². The lowest BCUT2D eigenvalue weighted by Gasteiger charge is -2.14. The van der Waals surface area contributed by atoms with Crippen LogP contribution in [0.4, 0.5) is 5.69 Å². The Morgan fingerprint density at radius 2 is 2.33 bits per heavy atom. The summed E-state index contributed by atoms with van der Waals surface area (Å²) in [4.78, 5) is 13.6. The molecule has 0 unspecified atom stereocenters. The van der Waals surface area contributed by atoms with Gasteiger partial charge in [0.25, 0.3) is 0 Å². The van der Waals surface area contributed by atoms with Crippen molar-refractivity contribution in [1.29, 1.82) is 0 Å². The van der Waals surface area contributed by atoms with E-state index in [0.29, 0.717) is 0 Å². The van der Waals surface area contributed by atoms with Gasteiger partial charge in [0.05, 0.1) is 0 Å². The summed E-state index contributed by atoms with van der Waals surface area (Å²) in [6, 6.07) is 8.32. The van der Waals surface area contributed by atoms with E-state index in [4.69, 9.17) is 0 Å². The van der Waals surface area contributed by atoms with E-state index in [1.165, 1.54) is 5.56 Å². The Morgan fingerprint density at radius 1 is 1.50 bits per heavy atom. The minimum atomic E-state index is -0.0518. The van der Waals surface area contributed by atoms with E-state index in [2.05, 4.69) is 30.4 Å². The predicted octanol–water partition coefficient (Wildman–Crippen LogP) is 2.58. The zero-order valence-electron chi connectivity index (χ0n) is 11.0. The number of benzene rings is 1. The first-order valence-corrected chi connectivity index (χ1v) is 7.54. The van der Waals surface area contributed by atoms with Crippen LogP contribution in [0.5, 0.6) is 0 Å². The summed E-state index contributed by atoms with van der Waals surface area (Å²) < 4.78 is 0. The van der Waals surface area contributed by atoms with Crippen molar-refractivity contribution in [1.82, 2.24) is 4.90 Å². The van der Waals surface area contributed by atoms with Gasteiger partial charge in [-0.2, -0.15) is 11.8 Å². The Kier molecular flexibility index (Phi) is 4.53. The quantitative estimate of drug-likeness (QED) is 0.887. The molecule has 2 rings (SSSR count). The Balaban J connectivity index is 1.99. The first-order chi connectivity index (χ1) is 8.70. The molecule has 0 aliphatic carbocycles. The van der Waals surface area contributed by atoms with Crippen molar-refractivity contribution in [2.45, 2.75) is 25.1 Å². The first-order valence-electron chi connectivity index (χ1n) is 6.39. The van der Waals surface area contributed by atoms with E-state index in [1.54, 1.807) is 4.90 Å². The largest absolute Gasteiger partial charge is 0.374 e. The standard InChI is InChI=1S/C14H20N2OS/c1-3-18-10-11-5-4-6-12(9-11)15-13-7-8-16(2)14(13)17/h4-6,9,13,15H,3,7-8,10H2,1-2H3/t13-/m1/s1. The molecule has 0 bridgehead atoms. The lowest BCUT2D eigenvalue weighted by molar-refractivity contribution is -0.127. The molecular formula is C14H20N2OS. The number of nitrogens with zero attached hydrogens (tertiary/aromatic N) is 1. The molecule has 98 valence electrons. The topological polar surface area (TPSA) is 32.3 Å². The molecule has 1 heterocycles. The van der Waals surface area contributed by atoms with E-state index >= 15 is 0 Å². The van der Waals surface area contributed by atoms with Crippen LogP contribution in [0.25, 0.3) is 0 Å². The second-order valence-electron chi connectivity index (χ2n) is 4.58. The SMILES string of the molecule is CCSCc1cccc(N[C@@H]2CCN(C)C2=O)c1. The highest BCUT2D eigenvalue weighted by Crippen LogP contribution is 2.19. The van der Waals surface area contributed by atoms with Crippen LogP contribution in [0.15, 0.2) is 24.3 Å². The summed E-state index contributed by atoms with van der Waals surface area (Å²) in [6.07, 6.45) is 0.892. The average molecular weight is 264 g/mol. The summed E-state index contributed by atoms with van der Waals surface area (Å²) in [7, 11) is 1.86. The Labute approximate surface area is 113 Å². The summed E-state index contributed by atoms with van der Waals surface area (Å²) in [6.45, 7) is 3.02. The molecule has 3 nitrogen and oxygen atoms in total. The number of carbonyl (C=O) groups is 1. The third-order valence-electron chi connectivity index (χ3n) is 3.17. The first kappa shape index (κ1) is 13.3. The van der Waals surface area contributed by atoms with Crippen LogP contribution in [0, 0.1) is 0 Å². The molecule has 0 radical (unpaired) electrons. The second kappa shape index (κ2) is 6.14. The Hall–Kier alpha value is -1.16. The fourth-order valence-corrected chi connectivity index (χ4v) is 2.75. The monoisotopic (exact) mass is 264 g/mol. The summed E-state index contributed by atoms with van der Waals surface area (Å²) in [5, 5.41) is 3.34. The molecule has 1 amide bonds. The molecule has 1 saturated heterocycles. The number of thioether (sulfide) groups is 1. The van der Waals surface area contributed by atoms with Crippen molar-refractivity contribution >= 4 is 23.4 Å². The highest BCUT2D eigenvalue weighted by atomic mass is 32.2. The van der Waals surface area contributed by atoms with Gasteiger partial charge in [-0.25, -0.2) is 0 Å². The Morgan fingerprint density at radius 3 is 3.00 bits per heavy atom. The van der Waals surface area contributed by atoms with Crippen LogP contribution < -0.4 is 5.32 Å². The zero-order chi connectivity index (χ0) is 13.0. The lowest BCUT2D eigenvalue weighted by Crippen LogP contribution is -2.30. The smallest absolute Gasteiger partial charge is 0.244 e. The molecule has 18 heavy (non-hydrogen) atoms. The van der Waals surface area contributed by atoms with E-state index in [9.17, 15) is 4.79 Å². The molecule has 1 aromatic carbocycles. The number of anilines is 1. The number of amides is 1. The van der Waals surface area contributed by atoms with Gasteiger partial charge in [-0.15, -0.1) is 0 Å². The van der Waals surface area contributed by atoms with E-state index in [-0.39, 0.29) is 11.9 Å². The second-order valence-corrected chi connectivity index (χ2v) is 5.86. The van der Waals surface area contributed by atoms with Crippen LogP contribution in [-0.2, 0) is 10.5 Å². The highest BCUT2D eigenvalue weighted by Gasteiger charge is 2.28. The molecule has 4 heteroatoms. The van der Waals surface area contributed by atoms with Gasteiger partial charge < -0.3 is 10.2 Å². The van der Waals surface area contributed by atoms with Gasteiger partial charge in [-0.1, -0.05) is 19.1 Å². The van der Waals surface area contributed by atoms with Crippen LogP contribution in [0.2, 0.25) is 0 Å². The van der Waals surface area contributed by atoms with Gasteiger partial charge >= 0.3 is 0 Å². The van der Waals surface area contributed by atoms with Gasteiger partial charge in [-0.05, 0) is 29.9 Å². The molecule has 1 atom stereocenters. The molecular weight excluding hydrogens is 244 g/mol. The van der Waals surface area contributed by atoms with Crippen LogP contribution >= 0.6 is 11.8 Å². The van der Waals surface area contributed by atoms with Crippen LogP contribution in [0.3, 0.4) is 0 Å². The number of carbonyl (C=O) groups excluding carboxylic acids is 1. The van der Waals surface area contributed by atoms with E-state index in [0.717, 1.165) is 30.2 Å². The number of hydrogen-bond donors (Lipinski definition) is 1. The van der Waals surface area contributed by atoms with Crippen molar-refractivity contribution in [3.05, 3.63) is 29.8 Å². The van der Waals surface area contributed by atoms with Crippen molar-refractivity contribution < 1.29 is 4.79 Å². The normalized spacial score (nSPS) is 19.3. The van der Waals surface area contributed by atoms with Crippen molar-refractivity contribution in [3.8, 4) is 0 Å². The van der Waals surface area contributed by atoms with Crippen molar-refractivity contribution in [3.63, 3.8) is 0 Å². The van der Waals surface area contributed by atoms with Gasteiger partial charge in [0, 0.05) is 25.0 Å². The van der Waals surface area contributed by atoms with Crippen LogP contribution in [0.1, 0.15) is 18.9 Å². The summed E-state index contributed by atoms with van der Waals surface area (Å²) in [5.41, 5.74) is 2.36. The average Bonchev–Trinajstić information content (AvgIpc) is 2.69. The van der Waals surface area contributed by atoms with Gasteiger partial charge in [0.1, 0.15) is 6.04 Å². The Bertz CT molecular complexity index is 422. The third-order valence-corrected chi connectivity index (χ3v) is 4.11. The number of likely N-dealkylation sites (tertiary alicyclic amines) is 1. The minimum absolute atomic E-state index is 0.0518. The molecule has 0 saturated carbocycles. The maximum atomic E-state index is 11.8. The number of rotatable bonds is 5. The molecule has 1 aromatic rings. The minimum Gasteiger partial charge on any atom is -0.374 e. The molecule has 1 N–H and O–H groups in total. The molecule has 1 fully saturated rings. The summed E-state index contributed by atoms with van der Waals surface area (Å²) >= 11 is 1.91. The van der Waals surface area contributed by atoms with Gasteiger partial charge in [-0.3, -0.25) is 4.79 Å². The fourth-order valence-electron chi connectivity index (χ4n) is 2.13. The zero-order valence-corrected chi connectivity index (χ0v) is 11.8. The predicted molar refractivity (Wildman–Crippen MR) is 77.9 cm³/mol. The van der Waals surface area contributed by atoms with E-state index in [1.807, 2.05) is 24.9 Å². The molecule has 1 aliphatic heterocycles. The molecule has 0 aromatic heterocycles. The summed E-state index contributed by atoms with van der Waals surface area (Å²) in [5.74, 6) is 2.36. The third kappa shape index (κ3) is 3.19. The molecule has 0 spiro atoms. The maximum Gasteiger partial charge on any atom is 0.244 e. The number of nitrogens with one attached hydrogen (secondary N) is 1. The number of hydrogen-bond acceptors (Lipinski definition) is 3. The maximum absolute atomic E-state index is 11.8. The van der Waals surface area contributed by atoms with Crippen LogP contribution in [-0.4, -0.2) is 36.2 Å². The van der Waals surface area contributed by atoms with Gasteiger partial charge in [0.2, 0.25) is 5.91 Å². The van der Waals surface area contributed by atoms with Crippen molar-refractivity contribution in [2.75, 3.05) is 24.7 Å². The molecule has 1 aliphatic rings.